The number of piperazine rings is 1. The van der Waals surface area contributed by atoms with Gasteiger partial charge in [-0.05, 0) is 121 Å². The van der Waals surface area contributed by atoms with Gasteiger partial charge < -0.3 is 14.5 Å². The molecule has 0 spiro atoms. The van der Waals surface area contributed by atoms with E-state index >= 15 is 0 Å². The average molecular weight is 801 g/mol. The van der Waals surface area contributed by atoms with E-state index in [1.165, 1.54) is 3.57 Å². The lowest BCUT2D eigenvalue weighted by atomic mass is 10.1. The molecule has 1 aliphatic heterocycles. The minimum Gasteiger partial charge on any atom is -0.487 e. The van der Waals surface area contributed by atoms with Crippen LogP contribution in [0.3, 0.4) is 0 Å². The van der Waals surface area contributed by atoms with Gasteiger partial charge in [0, 0.05) is 35.4 Å². The molecule has 3 aromatic rings. The number of anilines is 1. The maximum atomic E-state index is 13.1. The first-order valence-electron chi connectivity index (χ1n) is 11.0. The number of amides is 1. The summed E-state index contributed by atoms with van der Waals surface area (Å²) in [6.45, 7) is 3.16. The zero-order valence-electron chi connectivity index (χ0n) is 18.8. The summed E-state index contributed by atoms with van der Waals surface area (Å²) in [5, 5.41) is 9.74. The summed E-state index contributed by atoms with van der Waals surface area (Å²) in [7, 11) is 0. The van der Waals surface area contributed by atoms with E-state index in [2.05, 4.69) is 115 Å². The topological polar surface area (TPSA) is 56.6 Å². The van der Waals surface area contributed by atoms with E-state index in [4.69, 9.17) is 4.74 Å². The van der Waals surface area contributed by atoms with Crippen molar-refractivity contribution in [3.63, 3.8) is 0 Å². The fourth-order valence-corrected chi connectivity index (χ4v) is 6.31. The fourth-order valence-electron chi connectivity index (χ4n) is 3.82. The van der Waals surface area contributed by atoms with Crippen LogP contribution in [0.5, 0.6) is 5.75 Å². The Balaban J connectivity index is 1.43. The molecule has 0 N–H and O–H groups in total. The minimum atomic E-state index is -0.218. The fraction of sp³-hybridized carbons (Fsp3) is 0.185. The molecule has 0 aromatic heterocycles. The molecule has 0 radical (unpaired) electrons. The van der Waals surface area contributed by atoms with Gasteiger partial charge in [-0.25, -0.2) is 0 Å². The van der Waals surface area contributed by atoms with Crippen molar-refractivity contribution in [2.24, 2.45) is 0 Å². The Hall–Kier alpha value is -1.85. The molecular formula is C27H22I3N3O2. The second-order valence-corrected chi connectivity index (χ2v) is 11.6. The van der Waals surface area contributed by atoms with Gasteiger partial charge in [-0.1, -0.05) is 30.3 Å². The summed E-state index contributed by atoms with van der Waals surface area (Å²) in [6.07, 6.45) is 1.68. The molecule has 0 saturated carbocycles. The number of para-hydroxylation sites is 1. The van der Waals surface area contributed by atoms with Crippen LogP contribution in [0.2, 0.25) is 0 Å². The lowest BCUT2D eigenvalue weighted by Gasteiger charge is -2.36. The molecule has 1 fully saturated rings. The van der Waals surface area contributed by atoms with Crippen molar-refractivity contribution in [2.75, 3.05) is 31.1 Å². The highest BCUT2D eigenvalue weighted by Gasteiger charge is 2.24. The highest BCUT2D eigenvalue weighted by molar-refractivity contribution is 14.1. The standard InChI is InChI=1S/C27H22I3N3O2/c28-22-8-6-19(7-9-22)18-35-26-24(29)15-20(16-25(26)30)14-21(17-31)27(34)33-12-10-32(11-13-33)23-4-2-1-3-5-23/h1-9,14-16H,10-13,18H2/b21-14-. The second kappa shape index (κ2) is 12.4. The summed E-state index contributed by atoms with van der Waals surface area (Å²) in [5.41, 5.74) is 3.22. The molecule has 8 heteroatoms. The van der Waals surface area contributed by atoms with Crippen LogP contribution in [0, 0.1) is 22.0 Å². The van der Waals surface area contributed by atoms with E-state index in [-0.39, 0.29) is 11.5 Å². The van der Waals surface area contributed by atoms with Crippen molar-refractivity contribution in [2.45, 2.75) is 6.61 Å². The van der Waals surface area contributed by atoms with Gasteiger partial charge in [0.2, 0.25) is 0 Å². The number of rotatable bonds is 6. The molecule has 1 amide bonds. The van der Waals surface area contributed by atoms with E-state index in [9.17, 15) is 10.1 Å². The third-order valence-corrected chi connectivity index (χ3v) is 7.99. The summed E-state index contributed by atoms with van der Waals surface area (Å²) in [5.74, 6) is 0.591. The Labute approximate surface area is 246 Å². The highest BCUT2D eigenvalue weighted by atomic mass is 127. The van der Waals surface area contributed by atoms with Crippen LogP contribution in [-0.4, -0.2) is 37.0 Å². The minimum absolute atomic E-state index is 0.150. The predicted molar refractivity (Wildman–Crippen MR) is 164 cm³/mol. The van der Waals surface area contributed by atoms with Gasteiger partial charge in [-0.15, -0.1) is 0 Å². The van der Waals surface area contributed by atoms with Crippen molar-refractivity contribution in [1.29, 1.82) is 5.26 Å². The zero-order chi connectivity index (χ0) is 24.8. The molecule has 5 nitrogen and oxygen atoms in total. The van der Waals surface area contributed by atoms with Gasteiger partial charge in [0.25, 0.3) is 5.91 Å². The third kappa shape index (κ3) is 6.89. The summed E-state index contributed by atoms with van der Waals surface area (Å²) >= 11 is 6.77. The van der Waals surface area contributed by atoms with Gasteiger partial charge in [0.05, 0.1) is 7.14 Å². The maximum absolute atomic E-state index is 13.1. The molecule has 1 saturated heterocycles. The molecule has 4 rings (SSSR count). The number of carbonyl (C=O) groups excluding carboxylic acids is 1. The van der Waals surface area contributed by atoms with Crippen molar-refractivity contribution >= 4 is 85.4 Å². The largest absolute Gasteiger partial charge is 0.487 e. The number of hydrogen-bond donors (Lipinski definition) is 0. The van der Waals surface area contributed by atoms with Crippen LogP contribution < -0.4 is 9.64 Å². The van der Waals surface area contributed by atoms with Crippen LogP contribution in [0.25, 0.3) is 6.08 Å². The van der Waals surface area contributed by atoms with E-state index in [0.29, 0.717) is 19.7 Å². The zero-order valence-corrected chi connectivity index (χ0v) is 25.2. The first-order valence-corrected chi connectivity index (χ1v) is 14.3. The first kappa shape index (κ1) is 26.2. The lowest BCUT2D eigenvalue weighted by Crippen LogP contribution is -2.49. The number of hydrogen-bond acceptors (Lipinski definition) is 4. The van der Waals surface area contributed by atoms with Gasteiger partial charge in [-0.2, -0.15) is 5.26 Å². The molecular weight excluding hydrogens is 779 g/mol. The third-order valence-electron chi connectivity index (χ3n) is 5.67. The molecule has 0 unspecified atom stereocenters. The first-order chi connectivity index (χ1) is 16.9. The Bertz CT molecular complexity index is 1240. The quantitative estimate of drug-likeness (QED) is 0.166. The van der Waals surface area contributed by atoms with E-state index in [1.54, 1.807) is 11.0 Å². The Kier molecular flexibility index (Phi) is 9.29. The van der Waals surface area contributed by atoms with Crippen molar-refractivity contribution in [3.05, 3.63) is 94.1 Å². The number of ether oxygens (including phenoxy) is 1. The predicted octanol–water partition coefficient (Wildman–Crippen LogP) is 6.34. The van der Waals surface area contributed by atoms with Crippen LogP contribution >= 0.6 is 67.8 Å². The summed E-state index contributed by atoms with van der Waals surface area (Å²) < 4.78 is 9.15. The van der Waals surface area contributed by atoms with Crippen molar-refractivity contribution in [1.82, 2.24) is 4.90 Å². The van der Waals surface area contributed by atoms with Gasteiger partial charge in [0.1, 0.15) is 24.0 Å². The number of carbonyl (C=O) groups is 1. The van der Waals surface area contributed by atoms with Crippen LogP contribution in [0.1, 0.15) is 11.1 Å². The van der Waals surface area contributed by atoms with Crippen molar-refractivity contribution in [3.8, 4) is 11.8 Å². The molecule has 0 bridgehead atoms. The molecule has 0 atom stereocenters. The van der Waals surface area contributed by atoms with Gasteiger partial charge >= 0.3 is 0 Å². The number of nitrogens with zero attached hydrogens (tertiary/aromatic N) is 3. The summed E-state index contributed by atoms with van der Waals surface area (Å²) in [6, 6.07) is 24.4. The SMILES string of the molecule is N#C/C(=C/c1cc(I)c(OCc2ccc(I)cc2)c(I)c1)C(=O)N1CCN(c2ccccc2)CC1. The molecule has 3 aromatic carbocycles. The molecule has 1 aliphatic rings. The van der Waals surface area contributed by atoms with E-state index < -0.39 is 0 Å². The molecule has 1 heterocycles. The van der Waals surface area contributed by atoms with Crippen LogP contribution in [0.4, 0.5) is 5.69 Å². The van der Waals surface area contributed by atoms with Crippen LogP contribution in [-0.2, 0) is 11.4 Å². The molecule has 178 valence electrons. The Morgan fingerprint density at radius 1 is 0.943 bits per heavy atom. The molecule has 35 heavy (non-hydrogen) atoms. The van der Waals surface area contributed by atoms with E-state index in [0.717, 1.165) is 42.8 Å². The van der Waals surface area contributed by atoms with Crippen LogP contribution in [0.15, 0.2) is 72.3 Å². The smallest absolute Gasteiger partial charge is 0.264 e. The number of halogens is 3. The molecule has 0 aliphatic carbocycles. The highest BCUT2D eigenvalue weighted by Crippen LogP contribution is 2.31. The van der Waals surface area contributed by atoms with Crippen molar-refractivity contribution < 1.29 is 9.53 Å². The average Bonchev–Trinajstić information content (AvgIpc) is 2.88. The maximum Gasteiger partial charge on any atom is 0.264 e. The second-order valence-electron chi connectivity index (χ2n) is 8.01. The Morgan fingerprint density at radius 2 is 1.57 bits per heavy atom. The van der Waals surface area contributed by atoms with E-state index in [1.807, 2.05) is 30.3 Å². The van der Waals surface area contributed by atoms with Gasteiger partial charge in [0.15, 0.2) is 0 Å². The van der Waals surface area contributed by atoms with Gasteiger partial charge in [-0.3, -0.25) is 4.79 Å². The Morgan fingerprint density at radius 3 is 2.17 bits per heavy atom. The normalized spacial score (nSPS) is 13.9. The lowest BCUT2D eigenvalue weighted by molar-refractivity contribution is -0.126. The number of nitriles is 1. The summed E-state index contributed by atoms with van der Waals surface area (Å²) in [4.78, 5) is 17.1. The number of benzene rings is 3. The monoisotopic (exact) mass is 801 g/mol.